The van der Waals surface area contributed by atoms with E-state index in [1.54, 1.807) is 0 Å². The van der Waals surface area contributed by atoms with Gasteiger partial charge in [-0.3, -0.25) is 4.90 Å². The smallest absolute Gasteiger partial charge is 0.0547 e. The molecule has 0 aliphatic carbocycles. The molecular formula is C16H33N3O. The monoisotopic (exact) mass is 283 g/mol. The van der Waals surface area contributed by atoms with Crippen molar-refractivity contribution < 1.29 is 4.74 Å². The summed E-state index contributed by atoms with van der Waals surface area (Å²) < 4.78 is 5.73. The van der Waals surface area contributed by atoms with Crippen LogP contribution in [0, 0.1) is 5.41 Å². The highest BCUT2D eigenvalue weighted by molar-refractivity contribution is 4.91. The number of hydrogen-bond acceptors (Lipinski definition) is 4. The normalized spacial score (nSPS) is 33.1. The SMILES string of the molecule is CCC1CN(CC2(CNC(C)C)CCOC2)CCN1C. The molecule has 2 heterocycles. The van der Waals surface area contributed by atoms with Crippen molar-refractivity contribution >= 4 is 0 Å². The lowest BCUT2D eigenvalue weighted by atomic mass is 9.85. The largest absolute Gasteiger partial charge is 0.381 e. The molecule has 2 aliphatic heterocycles. The standard InChI is InChI=1S/C16H33N3O/c1-5-15-10-19(8-7-18(15)4)12-16(6-9-20-13-16)11-17-14(2)3/h14-15,17H,5-13H2,1-4H3. The van der Waals surface area contributed by atoms with Gasteiger partial charge in [-0.2, -0.15) is 0 Å². The zero-order chi connectivity index (χ0) is 14.6. The van der Waals surface area contributed by atoms with Crippen LogP contribution in [0.15, 0.2) is 0 Å². The predicted octanol–water partition coefficient (Wildman–Crippen LogP) is 1.42. The van der Waals surface area contributed by atoms with Gasteiger partial charge in [-0.05, 0) is 19.9 Å². The minimum atomic E-state index is 0.332. The van der Waals surface area contributed by atoms with Crippen LogP contribution in [0.4, 0.5) is 0 Å². The molecule has 20 heavy (non-hydrogen) atoms. The molecule has 4 heteroatoms. The summed E-state index contributed by atoms with van der Waals surface area (Å²) in [6, 6.07) is 1.28. The number of rotatable bonds is 6. The summed E-state index contributed by atoms with van der Waals surface area (Å²) in [5.41, 5.74) is 0.332. The van der Waals surface area contributed by atoms with Crippen LogP contribution in [-0.4, -0.2) is 74.9 Å². The molecule has 2 unspecified atom stereocenters. The van der Waals surface area contributed by atoms with Crippen LogP contribution in [0.1, 0.15) is 33.6 Å². The molecule has 0 aromatic heterocycles. The van der Waals surface area contributed by atoms with E-state index < -0.39 is 0 Å². The second-order valence-electron chi connectivity index (χ2n) is 7.12. The summed E-state index contributed by atoms with van der Waals surface area (Å²) in [5, 5.41) is 3.63. The Bertz CT molecular complexity index is 289. The van der Waals surface area contributed by atoms with Gasteiger partial charge in [-0.1, -0.05) is 20.8 Å². The Morgan fingerprint density at radius 2 is 2.15 bits per heavy atom. The van der Waals surface area contributed by atoms with Crippen LogP contribution in [-0.2, 0) is 4.74 Å². The summed E-state index contributed by atoms with van der Waals surface area (Å²) >= 11 is 0. The van der Waals surface area contributed by atoms with E-state index in [-0.39, 0.29) is 0 Å². The number of hydrogen-bond donors (Lipinski definition) is 1. The van der Waals surface area contributed by atoms with Crippen LogP contribution in [0.2, 0.25) is 0 Å². The molecule has 0 amide bonds. The molecule has 2 aliphatic rings. The minimum absolute atomic E-state index is 0.332. The lowest BCUT2D eigenvalue weighted by molar-refractivity contribution is 0.0483. The number of likely N-dealkylation sites (N-methyl/N-ethyl adjacent to an activating group) is 1. The predicted molar refractivity (Wildman–Crippen MR) is 84.2 cm³/mol. The maximum Gasteiger partial charge on any atom is 0.0547 e. The first-order valence-corrected chi connectivity index (χ1v) is 8.28. The van der Waals surface area contributed by atoms with E-state index in [1.807, 2.05) is 0 Å². The van der Waals surface area contributed by atoms with Gasteiger partial charge in [0.15, 0.2) is 0 Å². The highest BCUT2D eigenvalue weighted by Crippen LogP contribution is 2.30. The third-order valence-corrected chi connectivity index (χ3v) is 4.96. The van der Waals surface area contributed by atoms with Crippen molar-refractivity contribution in [1.82, 2.24) is 15.1 Å². The van der Waals surface area contributed by atoms with E-state index >= 15 is 0 Å². The van der Waals surface area contributed by atoms with E-state index in [1.165, 1.54) is 39.0 Å². The summed E-state index contributed by atoms with van der Waals surface area (Å²) in [5.74, 6) is 0. The van der Waals surface area contributed by atoms with E-state index in [0.717, 1.165) is 25.8 Å². The van der Waals surface area contributed by atoms with Gasteiger partial charge in [0.1, 0.15) is 0 Å². The van der Waals surface area contributed by atoms with Gasteiger partial charge < -0.3 is 15.0 Å². The lowest BCUT2D eigenvalue weighted by Gasteiger charge is -2.43. The molecule has 0 aromatic rings. The number of piperazine rings is 1. The first-order valence-electron chi connectivity index (χ1n) is 8.28. The average Bonchev–Trinajstić information content (AvgIpc) is 2.88. The Kier molecular flexibility index (Phi) is 5.84. The Balaban J connectivity index is 1.91. The minimum Gasteiger partial charge on any atom is -0.381 e. The molecule has 118 valence electrons. The molecule has 0 bridgehead atoms. The number of nitrogens with one attached hydrogen (secondary N) is 1. The van der Waals surface area contributed by atoms with E-state index in [9.17, 15) is 0 Å². The van der Waals surface area contributed by atoms with E-state index in [0.29, 0.717) is 11.5 Å². The molecular weight excluding hydrogens is 250 g/mol. The molecule has 2 fully saturated rings. The number of nitrogens with zero attached hydrogens (tertiary/aromatic N) is 2. The van der Waals surface area contributed by atoms with Gasteiger partial charge in [0.25, 0.3) is 0 Å². The molecule has 4 nitrogen and oxygen atoms in total. The Morgan fingerprint density at radius 3 is 2.75 bits per heavy atom. The highest BCUT2D eigenvalue weighted by atomic mass is 16.5. The summed E-state index contributed by atoms with van der Waals surface area (Å²) in [7, 11) is 2.26. The maximum absolute atomic E-state index is 5.73. The third kappa shape index (κ3) is 4.17. The Morgan fingerprint density at radius 1 is 1.35 bits per heavy atom. The van der Waals surface area contributed by atoms with Gasteiger partial charge in [0.2, 0.25) is 0 Å². The fourth-order valence-electron chi connectivity index (χ4n) is 3.46. The van der Waals surface area contributed by atoms with Crippen LogP contribution >= 0.6 is 0 Å². The molecule has 0 saturated carbocycles. The number of ether oxygens (including phenoxy) is 1. The fourth-order valence-corrected chi connectivity index (χ4v) is 3.46. The molecule has 2 rings (SSSR count). The molecule has 1 N–H and O–H groups in total. The third-order valence-electron chi connectivity index (χ3n) is 4.96. The van der Waals surface area contributed by atoms with Gasteiger partial charge in [-0.15, -0.1) is 0 Å². The van der Waals surface area contributed by atoms with Gasteiger partial charge in [0.05, 0.1) is 6.61 Å². The van der Waals surface area contributed by atoms with Crippen LogP contribution < -0.4 is 5.32 Å². The zero-order valence-corrected chi connectivity index (χ0v) is 13.8. The van der Waals surface area contributed by atoms with Crippen molar-refractivity contribution in [3.05, 3.63) is 0 Å². The molecule has 0 aromatic carbocycles. The topological polar surface area (TPSA) is 27.7 Å². The highest BCUT2D eigenvalue weighted by Gasteiger charge is 2.38. The molecule has 0 spiro atoms. The Labute approximate surface area is 124 Å². The zero-order valence-electron chi connectivity index (χ0n) is 13.8. The molecule has 0 radical (unpaired) electrons. The van der Waals surface area contributed by atoms with Crippen molar-refractivity contribution in [2.45, 2.75) is 45.7 Å². The van der Waals surface area contributed by atoms with Crippen molar-refractivity contribution in [1.29, 1.82) is 0 Å². The summed E-state index contributed by atoms with van der Waals surface area (Å²) in [4.78, 5) is 5.19. The van der Waals surface area contributed by atoms with Crippen molar-refractivity contribution in [2.24, 2.45) is 5.41 Å². The maximum atomic E-state index is 5.73. The summed E-state index contributed by atoms with van der Waals surface area (Å²) in [6.07, 6.45) is 2.45. The second kappa shape index (κ2) is 7.21. The first kappa shape index (κ1) is 16.2. The van der Waals surface area contributed by atoms with Gasteiger partial charge in [0, 0.05) is 56.8 Å². The van der Waals surface area contributed by atoms with Crippen LogP contribution in [0.25, 0.3) is 0 Å². The van der Waals surface area contributed by atoms with Gasteiger partial charge >= 0.3 is 0 Å². The molecule has 2 atom stereocenters. The van der Waals surface area contributed by atoms with Crippen LogP contribution in [0.5, 0.6) is 0 Å². The average molecular weight is 283 g/mol. The fraction of sp³-hybridized carbons (Fsp3) is 1.00. The van der Waals surface area contributed by atoms with Crippen LogP contribution in [0.3, 0.4) is 0 Å². The Hall–Kier alpha value is -0.160. The first-order chi connectivity index (χ1) is 9.54. The molecule has 2 saturated heterocycles. The lowest BCUT2D eigenvalue weighted by Crippen LogP contribution is -2.55. The van der Waals surface area contributed by atoms with Crippen molar-refractivity contribution in [3.8, 4) is 0 Å². The van der Waals surface area contributed by atoms with Crippen molar-refractivity contribution in [2.75, 3.05) is 53.0 Å². The van der Waals surface area contributed by atoms with Crippen molar-refractivity contribution in [3.63, 3.8) is 0 Å². The second-order valence-corrected chi connectivity index (χ2v) is 7.12. The summed E-state index contributed by atoms with van der Waals surface area (Å²) in [6.45, 7) is 14.5. The van der Waals surface area contributed by atoms with Gasteiger partial charge in [-0.25, -0.2) is 0 Å². The van der Waals surface area contributed by atoms with E-state index in [4.69, 9.17) is 4.74 Å². The quantitative estimate of drug-likeness (QED) is 0.798. The van der Waals surface area contributed by atoms with E-state index in [2.05, 4.69) is 42.9 Å².